The van der Waals surface area contributed by atoms with Crippen molar-refractivity contribution in [1.29, 1.82) is 0 Å². The van der Waals surface area contributed by atoms with Gasteiger partial charge in [-0.15, -0.1) is 0 Å². The van der Waals surface area contributed by atoms with Crippen molar-refractivity contribution < 1.29 is 4.74 Å². The number of halogens is 1. The Hall–Kier alpha value is -1.69. The van der Waals surface area contributed by atoms with Crippen LogP contribution in [0.15, 0.2) is 35.2 Å². The molecule has 104 valence electrons. The maximum Gasteiger partial charge on any atom is 0.232 e. The summed E-state index contributed by atoms with van der Waals surface area (Å²) in [6.45, 7) is 0.949. The zero-order valence-corrected chi connectivity index (χ0v) is 12.7. The fraction of sp³-hybridized carbons (Fsp3) is 0.357. The van der Waals surface area contributed by atoms with Crippen LogP contribution in [-0.4, -0.2) is 28.6 Å². The summed E-state index contributed by atoms with van der Waals surface area (Å²) < 4.78 is 6.01. The molecule has 0 spiro atoms. The van der Waals surface area contributed by atoms with E-state index in [1.807, 2.05) is 12.3 Å². The van der Waals surface area contributed by atoms with Crippen LogP contribution in [-0.2, 0) is 0 Å². The molecule has 20 heavy (non-hydrogen) atoms. The lowest BCUT2D eigenvalue weighted by atomic mass is 10.1. The van der Waals surface area contributed by atoms with Crippen LogP contribution in [0.3, 0.4) is 0 Å². The Balaban J connectivity index is 1.93. The molecule has 1 aliphatic rings. The molecule has 1 fully saturated rings. The number of anilines is 1. The number of pyridine rings is 1. The van der Waals surface area contributed by atoms with Gasteiger partial charge in [0, 0.05) is 18.9 Å². The Labute approximate surface area is 126 Å². The van der Waals surface area contributed by atoms with E-state index >= 15 is 0 Å². The molecule has 3 rings (SSSR count). The van der Waals surface area contributed by atoms with Crippen LogP contribution in [0.25, 0.3) is 0 Å². The van der Waals surface area contributed by atoms with Crippen LogP contribution >= 0.6 is 15.9 Å². The molecule has 2 aromatic rings. The van der Waals surface area contributed by atoms with Gasteiger partial charge in [-0.3, -0.25) is 4.98 Å². The third kappa shape index (κ3) is 2.47. The zero-order chi connectivity index (χ0) is 13.9. The van der Waals surface area contributed by atoms with E-state index in [4.69, 9.17) is 4.74 Å². The summed E-state index contributed by atoms with van der Waals surface area (Å²) in [5, 5.41) is 0. The summed E-state index contributed by atoms with van der Waals surface area (Å²) in [6.07, 6.45) is 7.66. The highest BCUT2D eigenvalue weighted by Gasteiger charge is 2.28. The second-order valence-corrected chi connectivity index (χ2v) is 5.52. The first-order valence-electron chi connectivity index (χ1n) is 6.52. The quantitative estimate of drug-likeness (QED) is 0.863. The van der Waals surface area contributed by atoms with Gasteiger partial charge < -0.3 is 9.64 Å². The summed E-state index contributed by atoms with van der Waals surface area (Å²) >= 11 is 3.38. The number of hydrogen-bond donors (Lipinski definition) is 0. The minimum Gasteiger partial charge on any atom is -0.480 e. The predicted molar refractivity (Wildman–Crippen MR) is 79.8 cm³/mol. The fourth-order valence-corrected chi connectivity index (χ4v) is 2.90. The topological polar surface area (TPSA) is 51.1 Å². The minimum atomic E-state index is 0.287. The van der Waals surface area contributed by atoms with E-state index in [-0.39, 0.29) is 6.04 Å². The SMILES string of the molecule is COc1nc(N2CCCC2c2cccnc2)ncc1Br. The van der Waals surface area contributed by atoms with Gasteiger partial charge in [0.05, 0.1) is 23.8 Å². The number of aromatic nitrogens is 3. The van der Waals surface area contributed by atoms with Crippen LogP contribution < -0.4 is 9.64 Å². The lowest BCUT2D eigenvalue weighted by molar-refractivity contribution is 0.393. The fourth-order valence-electron chi connectivity index (χ4n) is 2.55. The highest BCUT2D eigenvalue weighted by Crippen LogP contribution is 2.35. The maximum atomic E-state index is 5.25. The Morgan fingerprint density at radius 2 is 2.30 bits per heavy atom. The van der Waals surface area contributed by atoms with Crippen LogP contribution in [0.2, 0.25) is 0 Å². The molecule has 1 aliphatic heterocycles. The molecule has 0 bridgehead atoms. The number of nitrogens with zero attached hydrogens (tertiary/aromatic N) is 4. The highest BCUT2D eigenvalue weighted by molar-refractivity contribution is 9.10. The second-order valence-electron chi connectivity index (χ2n) is 4.66. The summed E-state index contributed by atoms with van der Waals surface area (Å²) in [4.78, 5) is 15.3. The number of hydrogen-bond acceptors (Lipinski definition) is 5. The molecule has 0 amide bonds. The standard InChI is InChI=1S/C14H15BrN4O/c1-20-13-11(15)9-17-14(18-13)19-7-3-5-12(19)10-4-2-6-16-8-10/h2,4,6,8-9,12H,3,5,7H2,1H3. The molecule has 0 radical (unpaired) electrons. The molecule has 0 N–H and O–H groups in total. The summed E-state index contributed by atoms with van der Waals surface area (Å²) in [7, 11) is 1.61. The Bertz CT molecular complexity index is 593. The van der Waals surface area contributed by atoms with E-state index in [0.29, 0.717) is 11.8 Å². The normalized spacial score (nSPS) is 18.3. The highest BCUT2D eigenvalue weighted by atomic mass is 79.9. The predicted octanol–water partition coefficient (Wildman–Crippen LogP) is 2.98. The molecule has 1 unspecified atom stereocenters. The molecule has 0 aliphatic carbocycles. The average Bonchev–Trinajstić information content (AvgIpc) is 2.98. The van der Waals surface area contributed by atoms with Crippen molar-refractivity contribution in [1.82, 2.24) is 15.0 Å². The van der Waals surface area contributed by atoms with Crippen LogP contribution in [0, 0.1) is 0 Å². The maximum absolute atomic E-state index is 5.25. The molecular formula is C14H15BrN4O. The molecule has 3 heterocycles. The molecule has 0 saturated carbocycles. The number of rotatable bonds is 3. The van der Waals surface area contributed by atoms with Gasteiger partial charge in [0.25, 0.3) is 0 Å². The molecule has 2 aromatic heterocycles. The van der Waals surface area contributed by atoms with Crippen LogP contribution in [0.5, 0.6) is 5.88 Å². The number of ether oxygens (including phenoxy) is 1. The minimum absolute atomic E-state index is 0.287. The van der Waals surface area contributed by atoms with Gasteiger partial charge in [0.2, 0.25) is 11.8 Å². The molecular weight excluding hydrogens is 320 g/mol. The van der Waals surface area contributed by atoms with Gasteiger partial charge >= 0.3 is 0 Å². The first kappa shape index (κ1) is 13.3. The molecule has 6 heteroatoms. The van der Waals surface area contributed by atoms with E-state index in [1.165, 1.54) is 5.56 Å². The smallest absolute Gasteiger partial charge is 0.232 e. The molecule has 1 atom stereocenters. The number of methoxy groups -OCH3 is 1. The van der Waals surface area contributed by atoms with Gasteiger partial charge in [-0.25, -0.2) is 4.98 Å². The first-order valence-corrected chi connectivity index (χ1v) is 7.32. The second kappa shape index (κ2) is 5.75. The van der Waals surface area contributed by atoms with Crippen molar-refractivity contribution in [2.24, 2.45) is 0 Å². The molecule has 5 nitrogen and oxygen atoms in total. The van der Waals surface area contributed by atoms with E-state index in [0.717, 1.165) is 23.9 Å². The van der Waals surface area contributed by atoms with Gasteiger partial charge in [0.15, 0.2) is 0 Å². The van der Waals surface area contributed by atoms with Crippen molar-refractivity contribution in [2.75, 3.05) is 18.6 Å². The third-order valence-corrected chi connectivity index (χ3v) is 4.02. The van der Waals surface area contributed by atoms with Crippen molar-refractivity contribution in [2.45, 2.75) is 18.9 Å². The first-order chi connectivity index (χ1) is 9.79. The molecule has 1 saturated heterocycles. The van der Waals surface area contributed by atoms with E-state index < -0.39 is 0 Å². The largest absolute Gasteiger partial charge is 0.480 e. The van der Waals surface area contributed by atoms with Crippen LogP contribution in [0.1, 0.15) is 24.4 Å². The van der Waals surface area contributed by atoms with Crippen LogP contribution in [0.4, 0.5) is 5.95 Å². The lowest BCUT2D eigenvalue weighted by Crippen LogP contribution is -2.24. The van der Waals surface area contributed by atoms with Gasteiger partial charge in [-0.05, 0) is 40.4 Å². The van der Waals surface area contributed by atoms with E-state index in [9.17, 15) is 0 Å². The Morgan fingerprint density at radius 3 is 3.05 bits per heavy atom. The third-order valence-electron chi connectivity index (χ3n) is 3.47. The summed E-state index contributed by atoms with van der Waals surface area (Å²) in [5.74, 6) is 1.27. The lowest BCUT2D eigenvalue weighted by Gasteiger charge is -2.25. The van der Waals surface area contributed by atoms with Gasteiger partial charge in [0.1, 0.15) is 0 Å². The van der Waals surface area contributed by atoms with Crippen molar-refractivity contribution in [3.63, 3.8) is 0 Å². The Kier molecular flexibility index (Phi) is 3.82. The van der Waals surface area contributed by atoms with Crippen molar-refractivity contribution in [3.05, 3.63) is 40.8 Å². The van der Waals surface area contributed by atoms with Crippen molar-refractivity contribution in [3.8, 4) is 5.88 Å². The summed E-state index contributed by atoms with van der Waals surface area (Å²) in [6, 6.07) is 4.36. The molecule has 0 aromatic carbocycles. The van der Waals surface area contributed by atoms with E-state index in [2.05, 4.69) is 41.8 Å². The Morgan fingerprint density at radius 1 is 1.40 bits per heavy atom. The zero-order valence-electron chi connectivity index (χ0n) is 11.2. The average molecular weight is 335 g/mol. The van der Waals surface area contributed by atoms with Gasteiger partial charge in [-0.2, -0.15) is 4.98 Å². The monoisotopic (exact) mass is 334 g/mol. The van der Waals surface area contributed by atoms with Crippen molar-refractivity contribution >= 4 is 21.9 Å². The van der Waals surface area contributed by atoms with Gasteiger partial charge in [-0.1, -0.05) is 6.07 Å². The van der Waals surface area contributed by atoms with E-state index in [1.54, 1.807) is 19.5 Å². The summed E-state index contributed by atoms with van der Waals surface area (Å²) in [5.41, 5.74) is 1.20.